The molecule has 0 aromatic carbocycles. The van der Waals surface area contributed by atoms with Crippen molar-refractivity contribution in [2.45, 2.75) is 58.7 Å². The Hall–Kier alpha value is -0.570. The zero-order chi connectivity index (χ0) is 11.9. The third kappa shape index (κ3) is 1.97. The fourth-order valence-corrected chi connectivity index (χ4v) is 3.32. The Labute approximate surface area is 98.8 Å². The van der Waals surface area contributed by atoms with E-state index in [2.05, 4.69) is 23.6 Å². The number of likely N-dealkylation sites (tertiary alicyclic amines) is 1. The van der Waals surface area contributed by atoms with Crippen LogP contribution < -0.4 is 0 Å². The van der Waals surface area contributed by atoms with Gasteiger partial charge in [0.25, 0.3) is 0 Å². The first-order valence-corrected chi connectivity index (χ1v) is 6.57. The summed E-state index contributed by atoms with van der Waals surface area (Å²) in [5.41, 5.74) is 0. The molecule has 0 radical (unpaired) electrons. The van der Waals surface area contributed by atoms with Gasteiger partial charge in [-0.25, -0.2) is 0 Å². The van der Waals surface area contributed by atoms with Gasteiger partial charge in [-0.05, 0) is 26.7 Å². The number of hydrogen-bond donors (Lipinski definition) is 0. The predicted molar refractivity (Wildman–Crippen MR) is 65.2 cm³/mol. The maximum Gasteiger partial charge on any atom is 0.225 e. The first-order chi connectivity index (χ1) is 7.50. The molecule has 0 spiro atoms. The van der Waals surface area contributed by atoms with Crippen molar-refractivity contribution in [2.75, 3.05) is 13.1 Å². The van der Waals surface area contributed by atoms with E-state index >= 15 is 0 Å². The third-order valence-corrected chi connectivity index (χ3v) is 3.94. The standard InChI is InChI=1S/C13H24N2O/c1-9(2)13(16)14-7-11-5-6-12(8-14)15(11)10(3)4/h9-12H,5-8H2,1-4H3. The zero-order valence-electron chi connectivity index (χ0n) is 10.9. The molecular weight excluding hydrogens is 200 g/mol. The van der Waals surface area contributed by atoms with Crippen molar-refractivity contribution in [2.24, 2.45) is 5.92 Å². The van der Waals surface area contributed by atoms with Gasteiger partial charge in [-0.15, -0.1) is 0 Å². The van der Waals surface area contributed by atoms with Crippen LogP contribution in [0, 0.1) is 5.92 Å². The molecule has 0 N–H and O–H groups in total. The number of amides is 1. The quantitative estimate of drug-likeness (QED) is 0.713. The molecule has 2 bridgehead atoms. The van der Waals surface area contributed by atoms with Gasteiger partial charge in [0, 0.05) is 37.1 Å². The molecule has 2 heterocycles. The van der Waals surface area contributed by atoms with Crippen LogP contribution in [0.5, 0.6) is 0 Å². The monoisotopic (exact) mass is 224 g/mol. The Morgan fingerprint density at radius 1 is 1.06 bits per heavy atom. The van der Waals surface area contributed by atoms with Gasteiger partial charge >= 0.3 is 0 Å². The van der Waals surface area contributed by atoms with E-state index in [4.69, 9.17) is 0 Å². The molecule has 0 aromatic heterocycles. The molecule has 2 saturated heterocycles. The Morgan fingerprint density at radius 2 is 1.56 bits per heavy atom. The van der Waals surface area contributed by atoms with E-state index in [1.165, 1.54) is 12.8 Å². The van der Waals surface area contributed by atoms with Crippen LogP contribution in [0.25, 0.3) is 0 Å². The van der Waals surface area contributed by atoms with Crippen molar-refractivity contribution < 1.29 is 4.79 Å². The highest BCUT2D eigenvalue weighted by Crippen LogP contribution is 2.32. The minimum absolute atomic E-state index is 0.144. The van der Waals surface area contributed by atoms with Gasteiger partial charge < -0.3 is 4.90 Å². The molecular formula is C13H24N2O. The lowest BCUT2D eigenvalue weighted by molar-refractivity contribution is -0.138. The van der Waals surface area contributed by atoms with Crippen LogP contribution in [-0.4, -0.2) is 46.9 Å². The van der Waals surface area contributed by atoms with Gasteiger partial charge in [0.1, 0.15) is 0 Å². The Bertz CT molecular complexity index is 261. The average Bonchev–Trinajstić information content (AvgIpc) is 2.49. The Morgan fingerprint density at radius 3 is 1.94 bits per heavy atom. The summed E-state index contributed by atoms with van der Waals surface area (Å²) in [5, 5.41) is 0. The molecule has 2 aliphatic rings. The molecule has 2 aliphatic heterocycles. The lowest BCUT2D eigenvalue weighted by Crippen LogP contribution is -2.57. The van der Waals surface area contributed by atoms with Gasteiger partial charge in [-0.1, -0.05) is 13.8 Å². The fourth-order valence-electron chi connectivity index (χ4n) is 3.32. The molecule has 2 atom stereocenters. The van der Waals surface area contributed by atoms with Crippen LogP contribution in [-0.2, 0) is 4.79 Å². The Balaban J connectivity index is 2.05. The van der Waals surface area contributed by atoms with Crippen LogP contribution in [0.2, 0.25) is 0 Å². The number of carbonyl (C=O) groups is 1. The second-order valence-electron chi connectivity index (χ2n) is 5.82. The number of piperazine rings is 1. The highest BCUT2D eigenvalue weighted by molar-refractivity contribution is 5.78. The molecule has 3 nitrogen and oxygen atoms in total. The van der Waals surface area contributed by atoms with Gasteiger partial charge in [0.15, 0.2) is 0 Å². The summed E-state index contributed by atoms with van der Waals surface area (Å²) in [7, 11) is 0. The van der Waals surface area contributed by atoms with Crippen molar-refractivity contribution >= 4 is 5.91 Å². The van der Waals surface area contributed by atoms with Gasteiger partial charge in [-0.2, -0.15) is 0 Å². The van der Waals surface area contributed by atoms with Crippen molar-refractivity contribution in [3.05, 3.63) is 0 Å². The predicted octanol–water partition coefficient (Wildman–Crippen LogP) is 1.73. The lowest BCUT2D eigenvalue weighted by atomic mass is 10.1. The van der Waals surface area contributed by atoms with E-state index in [1.807, 2.05) is 13.8 Å². The normalized spacial score (nSPS) is 30.5. The van der Waals surface area contributed by atoms with Crippen LogP contribution in [0.1, 0.15) is 40.5 Å². The van der Waals surface area contributed by atoms with Gasteiger partial charge in [-0.3, -0.25) is 9.69 Å². The molecule has 16 heavy (non-hydrogen) atoms. The average molecular weight is 224 g/mol. The van der Waals surface area contributed by atoms with Gasteiger partial charge in [0.2, 0.25) is 5.91 Å². The minimum atomic E-state index is 0.144. The Kier molecular flexibility index (Phi) is 3.24. The lowest BCUT2D eigenvalue weighted by Gasteiger charge is -2.43. The zero-order valence-corrected chi connectivity index (χ0v) is 10.9. The number of fused-ring (bicyclic) bond motifs is 2. The molecule has 92 valence electrons. The molecule has 2 fully saturated rings. The van der Waals surface area contributed by atoms with Crippen molar-refractivity contribution in [3.63, 3.8) is 0 Å². The highest BCUT2D eigenvalue weighted by atomic mass is 16.2. The van der Waals surface area contributed by atoms with Crippen molar-refractivity contribution in [1.82, 2.24) is 9.80 Å². The van der Waals surface area contributed by atoms with E-state index in [1.54, 1.807) is 0 Å². The van der Waals surface area contributed by atoms with Crippen molar-refractivity contribution in [1.29, 1.82) is 0 Å². The second-order valence-corrected chi connectivity index (χ2v) is 5.82. The maximum absolute atomic E-state index is 12.0. The minimum Gasteiger partial charge on any atom is -0.339 e. The van der Waals surface area contributed by atoms with E-state index < -0.39 is 0 Å². The molecule has 2 unspecified atom stereocenters. The number of nitrogens with zero attached hydrogens (tertiary/aromatic N) is 2. The molecule has 0 saturated carbocycles. The van der Waals surface area contributed by atoms with Crippen LogP contribution in [0.4, 0.5) is 0 Å². The SMILES string of the molecule is CC(C)C(=O)N1CC2CCC(C1)N2C(C)C. The topological polar surface area (TPSA) is 23.6 Å². The van der Waals surface area contributed by atoms with E-state index in [0.29, 0.717) is 24.0 Å². The number of rotatable bonds is 2. The summed E-state index contributed by atoms with van der Waals surface area (Å²) in [6, 6.07) is 1.84. The summed E-state index contributed by atoms with van der Waals surface area (Å²) >= 11 is 0. The molecule has 3 heteroatoms. The second kappa shape index (κ2) is 4.36. The molecule has 0 aliphatic carbocycles. The summed E-state index contributed by atoms with van der Waals surface area (Å²) in [4.78, 5) is 16.7. The van der Waals surface area contributed by atoms with E-state index in [9.17, 15) is 4.79 Å². The summed E-state index contributed by atoms with van der Waals surface area (Å²) in [6.45, 7) is 10.4. The molecule has 1 amide bonds. The first kappa shape index (κ1) is 11.9. The number of hydrogen-bond acceptors (Lipinski definition) is 2. The smallest absolute Gasteiger partial charge is 0.225 e. The van der Waals surface area contributed by atoms with Gasteiger partial charge in [0.05, 0.1) is 0 Å². The first-order valence-electron chi connectivity index (χ1n) is 6.57. The fraction of sp³-hybridized carbons (Fsp3) is 0.923. The highest BCUT2D eigenvalue weighted by Gasteiger charge is 2.42. The van der Waals surface area contributed by atoms with E-state index in [-0.39, 0.29) is 5.92 Å². The van der Waals surface area contributed by atoms with Crippen LogP contribution in [0.3, 0.4) is 0 Å². The summed E-state index contributed by atoms with van der Waals surface area (Å²) in [5.74, 6) is 0.477. The van der Waals surface area contributed by atoms with Crippen LogP contribution >= 0.6 is 0 Å². The largest absolute Gasteiger partial charge is 0.339 e. The maximum atomic E-state index is 12.0. The third-order valence-electron chi connectivity index (χ3n) is 3.94. The van der Waals surface area contributed by atoms with Crippen LogP contribution in [0.15, 0.2) is 0 Å². The molecule has 2 rings (SSSR count). The van der Waals surface area contributed by atoms with Crippen molar-refractivity contribution in [3.8, 4) is 0 Å². The summed E-state index contributed by atoms with van der Waals surface area (Å²) in [6.07, 6.45) is 2.54. The van der Waals surface area contributed by atoms with E-state index in [0.717, 1.165) is 13.1 Å². The number of carbonyl (C=O) groups excluding carboxylic acids is 1. The molecule has 0 aromatic rings. The summed E-state index contributed by atoms with van der Waals surface area (Å²) < 4.78 is 0.